The molecule has 0 radical (unpaired) electrons. The van der Waals surface area contributed by atoms with Gasteiger partial charge in [-0.25, -0.2) is 9.37 Å². The van der Waals surface area contributed by atoms with Crippen molar-refractivity contribution in [1.29, 1.82) is 0 Å². The van der Waals surface area contributed by atoms with Crippen LogP contribution in [-0.2, 0) is 0 Å². The minimum absolute atomic E-state index is 0.0260. The second-order valence-electron chi connectivity index (χ2n) is 7.77. The number of H-pyrrole nitrogens is 1. The number of carbonyl (C=O) groups excluding carboxylic acids is 1. The van der Waals surface area contributed by atoms with Gasteiger partial charge in [-0.3, -0.25) is 9.59 Å². The summed E-state index contributed by atoms with van der Waals surface area (Å²) in [7, 11) is 0. The van der Waals surface area contributed by atoms with Crippen LogP contribution in [0.15, 0.2) is 71.8 Å². The number of rotatable bonds is 5. The molecule has 36 heavy (non-hydrogen) atoms. The molecule has 0 fully saturated rings. The second-order valence-corrected chi connectivity index (χ2v) is 8.62. The first-order valence-corrected chi connectivity index (χ1v) is 11.3. The molecule has 0 bridgehead atoms. The summed E-state index contributed by atoms with van der Waals surface area (Å²) >= 11 is 12.1. The summed E-state index contributed by atoms with van der Waals surface area (Å²) in [6.45, 7) is 1.57. The zero-order chi connectivity index (χ0) is 25.4. The molecule has 5 aromatic rings. The summed E-state index contributed by atoms with van der Waals surface area (Å²) in [5.41, 5.74) is 0.880. The number of aromatic nitrogens is 4. The highest BCUT2D eigenvalue weighted by Crippen LogP contribution is 2.31. The molecular formula is C25H16Cl2FN5O3. The van der Waals surface area contributed by atoms with E-state index >= 15 is 0 Å². The predicted molar refractivity (Wildman–Crippen MR) is 135 cm³/mol. The van der Waals surface area contributed by atoms with Crippen molar-refractivity contribution in [1.82, 2.24) is 19.7 Å². The molecule has 180 valence electrons. The summed E-state index contributed by atoms with van der Waals surface area (Å²) in [5.74, 6) is -0.916. The summed E-state index contributed by atoms with van der Waals surface area (Å²) in [4.78, 5) is 32.6. The van der Waals surface area contributed by atoms with Crippen LogP contribution in [0.1, 0.15) is 16.1 Å². The number of nitrogens with one attached hydrogen (secondary N) is 2. The fraction of sp³-hybridized carbons (Fsp3) is 0.0400. The lowest BCUT2D eigenvalue weighted by Crippen LogP contribution is -2.26. The molecular weight excluding hydrogens is 508 g/mol. The van der Waals surface area contributed by atoms with Gasteiger partial charge in [0.15, 0.2) is 17.3 Å². The number of aromatic amines is 1. The van der Waals surface area contributed by atoms with Gasteiger partial charge in [0.25, 0.3) is 11.5 Å². The molecule has 0 spiro atoms. The first-order valence-electron chi connectivity index (χ1n) is 10.6. The zero-order valence-electron chi connectivity index (χ0n) is 18.6. The molecule has 0 atom stereocenters. The highest BCUT2D eigenvalue weighted by Gasteiger charge is 2.17. The van der Waals surface area contributed by atoms with E-state index < -0.39 is 17.3 Å². The van der Waals surface area contributed by atoms with Gasteiger partial charge in [0.05, 0.1) is 16.1 Å². The van der Waals surface area contributed by atoms with Crippen molar-refractivity contribution in [2.45, 2.75) is 6.92 Å². The number of carbonyl (C=O) groups is 1. The van der Waals surface area contributed by atoms with E-state index in [0.29, 0.717) is 27.4 Å². The maximum Gasteiger partial charge on any atom is 0.276 e. The number of ether oxygens (including phenoxy) is 1. The number of anilines is 1. The normalized spacial score (nSPS) is 11.0. The number of nitrogens with zero attached hydrogens (tertiary/aromatic N) is 3. The first kappa shape index (κ1) is 23.5. The van der Waals surface area contributed by atoms with Crippen LogP contribution in [0.2, 0.25) is 10.0 Å². The summed E-state index contributed by atoms with van der Waals surface area (Å²) in [5, 5.41) is 8.06. The fourth-order valence-electron chi connectivity index (χ4n) is 3.59. The van der Waals surface area contributed by atoms with Gasteiger partial charge in [-0.2, -0.15) is 9.78 Å². The van der Waals surface area contributed by atoms with Gasteiger partial charge < -0.3 is 15.0 Å². The Hall–Kier alpha value is -4.21. The Morgan fingerprint density at radius 2 is 1.92 bits per heavy atom. The third-order valence-corrected chi connectivity index (χ3v) is 5.84. The molecule has 8 nitrogen and oxygen atoms in total. The maximum absolute atomic E-state index is 14.8. The Morgan fingerprint density at radius 3 is 2.69 bits per heavy atom. The van der Waals surface area contributed by atoms with Crippen LogP contribution in [0, 0.1) is 12.7 Å². The molecule has 0 aliphatic rings. The van der Waals surface area contributed by atoms with Gasteiger partial charge in [-0.05, 0) is 55.0 Å². The minimum atomic E-state index is -0.684. The molecule has 0 saturated carbocycles. The number of benzene rings is 2. The van der Waals surface area contributed by atoms with E-state index in [9.17, 15) is 14.0 Å². The smallest absolute Gasteiger partial charge is 0.276 e. The quantitative estimate of drug-likeness (QED) is 0.298. The van der Waals surface area contributed by atoms with Crippen molar-refractivity contribution in [2.24, 2.45) is 0 Å². The van der Waals surface area contributed by atoms with Crippen molar-refractivity contribution < 1.29 is 13.9 Å². The number of amides is 1. The zero-order valence-corrected chi connectivity index (χ0v) is 20.1. The number of fused-ring (bicyclic) bond motifs is 1. The Kier molecular flexibility index (Phi) is 6.17. The van der Waals surface area contributed by atoms with Crippen LogP contribution in [0.3, 0.4) is 0 Å². The molecule has 2 aromatic carbocycles. The van der Waals surface area contributed by atoms with Crippen LogP contribution in [0.5, 0.6) is 11.5 Å². The molecule has 5 rings (SSSR count). The largest absolute Gasteiger partial charge is 0.453 e. The molecule has 0 aliphatic carbocycles. The van der Waals surface area contributed by atoms with Crippen molar-refractivity contribution >= 4 is 45.8 Å². The lowest BCUT2D eigenvalue weighted by molar-refractivity contribution is 0.102. The molecule has 0 aliphatic heterocycles. The predicted octanol–water partition coefficient (Wildman–Crippen LogP) is 5.91. The minimum Gasteiger partial charge on any atom is -0.453 e. The second kappa shape index (κ2) is 9.44. The lowest BCUT2D eigenvalue weighted by Gasteiger charge is -2.12. The summed E-state index contributed by atoms with van der Waals surface area (Å²) in [6.07, 6.45) is 3.26. The Morgan fingerprint density at radius 1 is 1.08 bits per heavy atom. The average molecular weight is 524 g/mol. The fourth-order valence-corrected chi connectivity index (χ4v) is 4.08. The van der Waals surface area contributed by atoms with Crippen LogP contribution in [0.4, 0.5) is 10.1 Å². The SMILES string of the molecule is Cc1cc(=O)n(-c2ccc(Cl)cc2Cl)nc1C(=O)Nc1ccc(Oc2ccnc3[nH]ccc23)c(F)c1. The van der Waals surface area contributed by atoms with Gasteiger partial charge in [-0.15, -0.1) is 0 Å². The van der Waals surface area contributed by atoms with E-state index in [1.54, 1.807) is 37.5 Å². The van der Waals surface area contributed by atoms with E-state index in [2.05, 4.69) is 20.4 Å². The van der Waals surface area contributed by atoms with Crippen LogP contribution < -0.4 is 15.6 Å². The van der Waals surface area contributed by atoms with Gasteiger partial charge in [0.2, 0.25) is 0 Å². The Labute approximate surface area is 213 Å². The Bertz CT molecular complexity index is 1700. The maximum atomic E-state index is 14.8. The van der Waals surface area contributed by atoms with E-state index in [1.807, 2.05) is 0 Å². The molecule has 1 amide bonds. The van der Waals surface area contributed by atoms with Crippen LogP contribution >= 0.6 is 23.2 Å². The van der Waals surface area contributed by atoms with E-state index in [1.165, 1.54) is 30.3 Å². The monoisotopic (exact) mass is 523 g/mol. The van der Waals surface area contributed by atoms with Crippen LogP contribution in [-0.4, -0.2) is 25.7 Å². The number of aryl methyl sites for hydroxylation is 1. The standard InChI is InChI=1S/C25H16Cl2FN5O3/c1-13-10-22(34)33(19-4-2-14(26)11-17(19)27)32-23(13)25(35)31-15-3-5-21(18(28)12-15)36-20-7-9-30-24-16(20)6-8-29-24/h2-12H,1H3,(H,29,30)(H,31,35). The van der Waals surface area contributed by atoms with Crippen molar-refractivity contribution in [2.75, 3.05) is 5.32 Å². The van der Waals surface area contributed by atoms with Crippen molar-refractivity contribution in [3.05, 3.63) is 104 Å². The van der Waals surface area contributed by atoms with Crippen molar-refractivity contribution in [3.63, 3.8) is 0 Å². The molecule has 2 N–H and O–H groups in total. The number of hydrogen-bond acceptors (Lipinski definition) is 5. The third kappa shape index (κ3) is 4.53. The summed E-state index contributed by atoms with van der Waals surface area (Å²) < 4.78 is 21.6. The molecule has 3 heterocycles. The highest BCUT2D eigenvalue weighted by molar-refractivity contribution is 6.35. The molecule has 3 aromatic heterocycles. The Balaban J connectivity index is 1.40. The number of pyridine rings is 1. The highest BCUT2D eigenvalue weighted by atomic mass is 35.5. The topological polar surface area (TPSA) is 102 Å². The van der Waals surface area contributed by atoms with Gasteiger partial charge in [0.1, 0.15) is 11.4 Å². The van der Waals surface area contributed by atoms with Crippen molar-refractivity contribution in [3.8, 4) is 17.2 Å². The number of halogens is 3. The van der Waals surface area contributed by atoms with Gasteiger partial charge in [0, 0.05) is 35.2 Å². The average Bonchev–Trinajstić information content (AvgIpc) is 3.31. The number of hydrogen-bond donors (Lipinski definition) is 2. The lowest BCUT2D eigenvalue weighted by atomic mass is 10.2. The molecule has 11 heteroatoms. The van der Waals surface area contributed by atoms with E-state index in [4.69, 9.17) is 27.9 Å². The van der Waals surface area contributed by atoms with E-state index in [0.717, 1.165) is 10.7 Å². The first-order chi connectivity index (χ1) is 17.3. The third-order valence-electron chi connectivity index (χ3n) is 5.31. The van der Waals surface area contributed by atoms with Gasteiger partial charge in [-0.1, -0.05) is 23.2 Å². The molecule has 0 saturated heterocycles. The van der Waals surface area contributed by atoms with Gasteiger partial charge >= 0.3 is 0 Å². The summed E-state index contributed by atoms with van der Waals surface area (Å²) in [6, 6.07) is 13.2. The molecule has 0 unspecified atom stereocenters. The van der Waals surface area contributed by atoms with E-state index in [-0.39, 0.29) is 27.8 Å². The van der Waals surface area contributed by atoms with Crippen LogP contribution in [0.25, 0.3) is 16.7 Å².